The molecule has 1 aliphatic heterocycles. The summed E-state index contributed by atoms with van der Waals surface area (Å²) < 4.78 is 5.57. The van der Waals surface area contributed by atoms with Crippen molar-refractivity contribution in [3.8, 4) is 0 Å². The molecule has 3 N–H and O–H groups in total. The molecular weight excluding hydrogens is 328 g/mol. The predicted molar refractivity (Wildman–Crippen MR) is 108 cm³/mol. The van der Waals surface area contributed by atoms with Crippen molar-refractivity contribution in [3.63, 3.8) is 0 Å². The van der Waals surface area contributed by atoms with Crippen molar-refractivity contribution in [2.24, 2.45) is 10.4 Å². The molecule has 0 bridgehead atoms. The van der Waals surface area contributed by atoms with Gasteiger partial charge in [0.1, 0.15) is 0 Å². The van der Waals surface area contributed by atoms with Gasteiger partial charge in [-0.15, -0.1) is 0 Å². The van der Waals surface area contributed by atoms with Crippen LogP contribution in [0.15, 0.2) is 4.99 Å². The SMILES string of the molecule is CCNC(=NCC1(CCO)CCCCC1)NCC1(N(C)C)CCOCC1. The van der Waals surface area contributed by atoms with Crippen LogP contribution in [0.4, 0.5) is 0 Å². The molecule has 2 aliphatic rings. The van der Waals surface area contributed by atoms with Crippen LogP contribution in [0.25, 0.3) is 0 Å². The van der Waals surface area contributed by atoms with E-state index in [-0.39, 0.29) is 17.6 Å². The smallest absolute Gasteiger partial charge is 0.191 e. The van der Waals surface area contributed by atoms with Crippen LogP contribution >= 0.6 is 0 Å². The van der Waals surface area contributed by atoms with Crippen molar-refractivity contribution < 1.29 is 9.84 Å². The van der Waals surface area contributed by atoms with Gasteiger partial charge in [-0.25, -0.2) is 0 Å². The van der Waals surface area contributed by atoms with Crippen LogP contribution in [0.3, 0.4) is 0 Å². The molecule has 6 heteroatoms. The lowest BCUT2D eigenvalue weighted by Gasteiger charge is -2.43. The van der Waals surface area contributed by atoms with E-state index < -0.39 is 0 Å². The number of hydrogen-bond acceptors (Lipinski definition) is 4. The molecule has 1 saturated heterocycles. The third-order valence-corrected chi connectivity index (χ3v) is 6.43. The zero-order valence-corrected chi connectivity index (χ0v) is 17.1. The van der Waals surface area contributed by atoms with E-state index in [1.165, 1.54) is 32.1 Å². The molecule has 152 valence electrons. The Kier molecular flexibility index (Phi) is 8.64. The topological polar surface area (TPSA) is 69.1 Å². The largest absolute Gasteiger partial charge is 0.396 e. The first-order valence-electron chi connectivity index (χ1n) is 10.4. The monoisotopic (exact) mass is 368 g/mol. The highest BCUT2D eigenvalue weighted by atomic mass is 16.5. The van der Waals surface area contributed by atoms with Crippen molar-refractivity contribution in [2.45, 2.75) is 63.8 Å². The summed E-state index contributed by atoms with van der Waals surface area (Å²) in [5.41, 5.74) is 0.315. The molecule has 2 fully saturated rings. The number of nitrogens with one attached hydrogen (secondary N) is 2. The number of guanidine groups is 1. The molecule has 2 rings (SSSR count). The first kappa shape index (κ1) is 21.5. The average Bonchev–Trinajstić information content (AvgIpc) is 2.66. The average molecular weight is 369 g/mol. The Hall–Kier alpha value is -0.850. The first-order chi connectivity index (χ1) is 12.6. The Labute approximate surface area is 159 Å². The van der Waals surface area contributed by atoms with Crippen LogP contribution in [0.2, 0.25) is 0 Å². The Morgan fingerprint density at radius 1 is 1.08 bits per heavy atom. The highest BCUT2D eigenvalue weighted by molar-refractivity contribution is 5.79. The molecule has 6 nitrogen and oxygen atoms in total. The lowest BCUT2D eigenvalue weighted by Crippen LogP contribution is -2.57. The number of ether oxygens (including phenoxy) is 1. The quantitative estimate of drug-likeness (QED) is 0.451. The van der Waals surface area contributed by atoms with Gasteiger partial charge in [-0.2, -0.15) is 0 Å². The Balaban J connectivity index is 2.00. The number of aliphatic hydroxyl groups is 1. The number of rotatable bonds is 8. The van der Waals surface area contributed by atoms with Gasteiger partial charge in [0, 0.05) is 45.0 Å². The highest BCUT2D eigenvalue weighted by Crippen LogP contribution is 2.39. The third-order valence-electron chi connectivity index (χ3n) is 6.43. The number of hydrogen-bond donors (Lipinski definition) is 3. The van der Waals surface area contributed by atoms with Crippen LogP contribution < -0.4 is 10.6 Å². The minimum absolute atomic E-state index is 0.127. The van der Waals surface area contributed by atoms with Gasteiger partial charge in [-0.3, -0.25) is 4.99 Å². The highest BCUT2D eigenvalue weighted by Gasteiger charge is 2.35. The van der Waals surface area contributed by atoms with Crippen LogP contribution in [0.1, 0.15) is 58.3 Å². The second-order valence-electron chi connectivity index (χ2n) is 8.31. The van der Waals surface area contributed by atoms with Crippen LogP contribution in [0.5, 0.6) is 0 Å². The van der Waals surface area contributed by atoms with Gasteiger partial charge >= 0.3 is 0 Å². The maximum absolute atomic E-state index is 9.52. The van der Waals surface area contributed by atoms with Gasteiger partial charge in [0.25, 0.3) is 0 Å². The maximum Gasteiger partial charge on any atom is 0.191 e. The first-order valence-corrected chi connectivity index (χ1v) is 10.4. The molecule has 1 saturated carbocycles. The number of aliphatic hydroxyl groups excluding tert-OH is 1. The summed E-state index contributed by atoms with van der Waals surface area (Å²) >= 11 is 0. The zero-order valence-electron chi connectivity index (χ0n) is 17.1. The molecule has 26 heavy (non-hydrogen) atoms. The van der Waals surface area contributed by atoms with Crippen molar-refractivity contribution in [1.29, 1.82) is 0 Å². The molecule has 0 aromatic carbocycles. The van der Waals surface area contributed by atoms with E-state index >= 15 is 0 Å². The van der Waals surface area contributed by atoms with Crippen molar-refractivity contribution >= 4 is 5.96 Å². The standard InChI is InChI=1S/C20H40N4O2/c1-4-21-18(22-16-19(10-13-25)8-6-5-7-9-19)23-17-20(24(2)3)11-14-26-15-12-20/h25H,4-17H2,1-3H3,(H2,21,22,23). The van der Waals surface area contributed by atoms with Gasteiger partial charge < -0.3 is 25.4 Å². The predicted octanol–water partition coefficient (Wildman–Crippen LogP) is 1.99. The molecule has 1 heterocycles. The Morgan fingerprint density at radius 3 is 2.35 bits per heavy atom. The fourth-order valence-electron chi connectivity index (χ4n) is 4.40. The Morgan fingerprint density at radius 2 is 1.77 bits per heavy atom. The van der Waals surface area contributed by atoms with Crippen molar-refractivity contribution in [2.75, 3.05) is 53.6 Å². The molecule has 0 amide bonds. The summed E-state index contributed by atoms with van der Waals surface area (Å²) in [6.07, 6.45) is 9.19. The lowest BCUT2D eigenvalue weighted by atomic mass is 9.72. The summed E-state index contributed by atoms with van der Waals surface area (Å²) in [4.78, 5) is 7.27. The minimum Gasteiger partial charge on any atom is -0.396 e. The van der Waals surface area contributed by atoms with E-state index in [2.05, 4.69) is 36.6 Å². The summed E-state index contributed by atoms with van der Waals surface area (Å²) in [6.45, 7) is 6.57. The second kappa shape index (κ2) is 10.5. The van der Waals surface area contributed by atoms with Crippen LogP contribution in [-0.2, 0) is 4.74 Å². The normalized spacial score (nSPS) is 23.0. The third kappa shape index (κ3) is 5.83. The van der Waals surface area contributed by atoms with Gasteiger partial charge in [-0.1, -0.05) is 19.3 Å². The van der Waals surface area contributed by atoms with Crippen LogP contribution in [0, 0.1) is 5.41 Å². The van der Waals surface area contributed by atoms with E-state index in [9.17, 15) is 5.11 Å². The summed E-state index contributed by atoms with van der Waals surface area (Å²) in [5, 5.41) is 16.5. The molecule has 0 aromatic heterocycles. The molecule has 0 atom stereocenters. The molecule has 0 spiro atoms. The maximum atomic E-state index is 9.52. The Bertz CT molecular complexity index is 422. The van der Waals surface area contributed by atoms with E-state index in [0.29, 0.717) is 0 Å². The van der Waals surface area contributed by atoms with Gasteiger partial charge in [0.2, 0.25) is 0 Å². The second-order valence-corrected chi connectivity index (χ2v) is 8.31. The minimum atomic E-state index is 0.127. The molecule has 0 radical (unpaired) electrons. The molecular formula is C20H40N4O2. The fourth-order valence-corrected chi connectivity index (χ4v) is 4.40. The van der Waals surface area contributed by atoms with Gasteiger partial charge in [0.15, 0.2) is 5.96 Å². The summed E-state index contributed by atoms with van der Waals surface area (Å²) in [7, 11) is 4.32. The van der Waals surface area contributed by atoms with Crippen molar-refractivity contribution in [1.82, 2.24) is 15.5 Å². The van der Waals surface area contributed by atoms with Crippen LogP contribution in [-0.4, -0.2) is 75.1 Å². The number of nitrogens with zero attached hydrogens (tertiary/aromatic N) is 2. The number of aliphatic imine (C=N–C) groups is 1. The lowest BCUT2D eigenvalue weighted by molar-refractivity contribution is -0.00502. The summed E-state index contributed by atoms with van der Waals surface area (Å²) in [5.74, 6) is 0.906. The van der Waals surface area contributed by atoms with Gasteiger partial charge in [-0.05, 0) is 58.5 Å². The van der Waals surface area contributed by atoms with Gasteiger partial charge in [0.05, 0.1) is 0 Å². The summed E-state index contributed by atoms with van der Waals surface area (Å²) in [6, 6.07) is 0. The van der Waals surface area contributed by atoms with E-state index in [0.717, 1.165) is 58.1 Å². The molecule has 0 unspecified atom stereocenters. The van der Waals surface area contributed by atoms with E-state index in [1.807, 2.05) is 0 Å². The molecule has 1 aliphatic carbocycles. The fraction of sp³-hybridized carbons (Fsp3) is 0.950. The zero-order chi connectivity index (χ0) is 18.9. The van der Waals surface area contributed by atoms with E-state index in [1.54, 1.807) is 0 Å². The van der Waals surface area contributed by atoms with Crippen molar-refractivity contribution in [3.05, 3.63) is 0 Å². The molecule has 0 aromatic rings. The number of likely N-dealkylation sites (N-methyl/N-ethyl adjacent to an activating group) is 1. The van der Waals surface area contributed by atoms with E-state index in [4.69, 9.17) is 9.73 Å².